The van der Waals surface area contributed by atoms with Crippen LogP contribution >= 0.6 is 23.4 Å². The van der Waals surface area contributed by atoms with Gasteiger partial charge < -0.3 is 5.11 Å². The predicted octanol–water partition coefficient (Wildman–Crippen LogP) is 3.31. The van der Waals surface area contributed by atoms with E-state index in [-0.39, 0.29) is 11.3 Å². The molecule has 1 N–H and O–H groups in total. The van der Waals surface area contributed by atoms with Gasteiger partial charge in [0, 0.05) is 9.92 Å². The monoisotopic (exact) mass is 253 g/mol. The van der Waals surface area contributed by atoms with Crippen LogP contribution in [-0.2, 0) is 4.79 Å². The number of nitriles is 1. The fourth-order valence-electron chi connectivity index (χ4n) is 0.935. The summed E-state index contributed by atoms with van der Waals surface area (Å²) in [5.41, 5.74) is -0.236. The van der Waals surface area contributed by atoms with Crippen molar-refractivity contribution in [1.82, 2.24) is 0 Å². The molecule has 0 spiro atoms. The summed E-state index contributed by atoms with van der Waals surface area (Å²) < 4.78 is 0. The maximum Gasteiger partial charge on any atom is 0.238 e. The summed E-state index contributed by atoms with van der Waals surface area (Å²) in [5, 5.41) is 17.9. The molecule has 0 radical (unpaired) electrons. The fraction of sp³-hybridized carbons (Fsp3) is 0.0909. The fourth-order valence-corrected chi connectivity index (χ4v) is 1.84. The lowest BCUT2D eigenvalue weighted by molar-refractivity contribution is -0.107. The largest absolute Gasteiger partial charge is 0.511 e. The Labute approximate surface area is 102 Å². The molecule has 16 heavy (non-hydrogen) atoms. The quantitative estimate of drug-likeness (QED) is 0.380. The molecule has 0 aliphatic carbocycles. The topological polar surface area (TPSA) is 61.1 Å². The van der Waals surface area contributed by atoms with E-state index in [1.54, 1.807) is 30.3 Å². The number of thioether (sulfide) groups is 1. The molecule has 1 aromatic carbocycles. The van der Waals surface area contributed by atoms with Crippen LogP contribution in [0.2, 0.25) is 5.02 Å². The van der Waals surface area contributed by atoms with E-state index < -0.39 is 5.12 Å². The summed E-state index contributed by atoms with van der Waals surface area (Å²) in [6.45, 7) is 1.30. The highest BCUT2D eigenvalue weighted by Gasteiger charge is 2.14. The first kappa shape index (κ1) is 12.6. The molecular weight excluding hydrogens is 246 g/mol. The van der Waals surface area contributed by atoms with E-state index in [0.717, 1.165) is 11.8 Å². The maximum atomic E-state index is 11.6. The van der Waals surface area contributed by atoms with Crippen molar-refractivity contribution in [3.05, 3.63) is 40.6 Å². The molecule has 0 amide bonds. The first-order chi connectivity index (χ1) is 7.54. The maximum absolute atomic E-state index is 11.6. The molecule has 0 aliphatic rings. The van der Waals surface area contributed by atoms with Crippen LogP contribution in [0.5, 0.6) is 0 Å². The van der Waals surface area contributed by atoms with Crippen molar-refractivity contribution in [1.29, 1.82) is 5.26 Å². The van der Waals surface area contributed by atoms with Crippen LogP contribution < -0.4 is 0 Å². The zero-order valence-corrected chi connectivity index (χ0v) is 9.97. The van der Waals surface area contributed by atoms with Gasteiger partial charge in [0.05, 0.1) is 0 Å². The van der Waals surface area contributed by atoms with Crippen LogP contribution in [0.3, 0.4) is 0 Å². The molecule has 0 bridgehead atoms. The molecule has 1 aromatic rings. The summed E-state index contributed by atoms with van der Waals surface area (Å²) >= 11 is 6.57. The minimum Gasteiger partial charge on any atom is -0.511 e. The first-order valence-electron chi connectivity index (χ1n) is 4.32. The molecule has 0 aromatic heterocycles. The Morgan fingerprint density at radius 3 is 2.44 bits per heavy atom. The third-order valence-corrected chi connectivity index (χ3v) is 2.85. The Morgan fingerprint density at radius 1 is 1.44 bits per heavy atom. The summed E-state index contributed by atoms with van der Waals surface area (Å²) in [6.07, 6.45) is 0. The van der Waals surface area contributed by atoms with Crippen molar-refractivity contribution in [2.24, 2.45) is 0 Å². The molecule has 0 fully saturated rings. The Morgan fingerprint density at radius 2 is 2.00 bits per heavy atom. The van der Waals surface area contributed by atoms with Crippen LogP contribution in [0, 0.1) is 11.3 Å². The van der Waals surface area contributed by atoms with Gasteiger partial charge in [0.2, 0.25) is 5.12 Å². The Bertz CT molecular complexity index is 470. The predicted molar refractivity (Wildman–Crippen MR) is 63.3 cm³/mol. The average molecular weight is 254 g/mol. The zero-order valence-electron chi connectivity index (χ0n) is 8.40. The number of allylic oxidation sites excluding steroid dienone is 1. The average Bonchev–Trinajstić information content (AvgIpc) is 2.22. The van der Waals surface area contributed by atoms with Crippen LogP contribution in [0.25, 0.3) is 0 Å². The van der Waals surface area contributed by atoms with Crippen molar-refractivity contribution < 1.29 is 9.90 Å². The highest BCUT2D eigenvalue weighted by atomic mass is 35.5. The van der Waals surface area contributed by atoms with Gasteiger partial charge in [0.15, 0.2) is 0 Å². The van der Waals surface area contributed by atoms with Crippen LogP contribution in [0.1, 0.15) is 6.92 Å². The van der Waals surface area contributed by atoms with Gasteiger partial charge in [-0.1, -0.05) is 11.6 Å². The summed E-state index contributed by atoms with van der Waals surface area (Å²) in [5.74, 6) is -0.269. The minimum absolute atomic E-state index is 0.236. The first-order valence-corrected chi connectivity index (χ1v) is 5.51. The minimum atomic E-state index is -0.482. The van der Waals surface area contributed by atoms with Crippen LogP contribution in [0.15, 0.2) is 40.5 Å². The lowest BCUT2D eigenvalue weighted by Crippen LogP contribution is -1.98. The number of nitrogens with zero attached hydrogens (tertiary/aromatic N) is 1. The number of hydrogen-bond acceptors (Lipinski definition) is 4. The van der Waals surface area contributed by atoms with Crippen molar-refractivity contribution in [3.8, 4) is 6.07 Å². The lowest BCUT2D eigenvalue weighted by Gasteiger charge is -2.00. The van der Waals surface area contributed by atoms with E-state index in [9.17, 15) is 4.79 Å². The normalized spacial score (nSPS) is 11.6. The summed E-state index contributed by atoms with van der Waals surface area (Å²) in [6, 6.07) is 8.32. The molecule has 5 heteroatoms. The Kier molecular flexibility index (Phi) is 4.41. The van der Waals surface area contributed by atoms with Crippen LogP contribution in [-0.4, -0.2) is 10.2 Å². The molecule has 3 nitrogen and oxygen atoms in total. The number of aliphatic hydroxyl groups excluding tert-OH is 1. The molecule has 0 aliphatic heterocycles. The van der Waals surface area contributed by atoms with Gasteiger partial charge in [-0.15, -0.1) is 0 Å². The highest BCUT2D eigenvalue weighted by Crippen LogP contribution is 2.24. The number of aliphatic hydroxyl groups is 1. The van der Waals surface area contributed by atoms with Gasteiger partial charge in [-0.3, -0.25) is 4.79 Å². The van der Waals surface area contributed by atoms with E-state index in [1.165, 1.54) is 6.92 Å². The third kappa shape index (κ3) is 3.30. The molecule has 0 heterocycles. The van der Waals surface area contributed by atoms with Gasteiger partial charge in [0.25, 0.3) is 0 Å². The van der Waals surface area contributed by atoms with E-state index in [1.807, 2.05) is 0 Å². The molecule has 0 saturated carbocycles. The third-order valence-electron chi connectivity index (χ3n) is 1.70. The highest BCUT2D eigenvalue weighted by molar-refractivity contribution is 8.14. The molecule has 0 atom stereocenters. The second-order valence-electron chi connectivity index (χ2n) is 2.92. The smallest absolute Gasteiger partial charge is 0.238 e. The second kappa shape index (κ2) is 5.59. The van der Waals surface area contributed by atoms with Gasteiger partial charge in [-0.2, -0.15) is 5.26 Å². The van der Waals surface area contributed by atoms with Gasteiger partial charge >= 0.3 is 0 Å². The number of carbonyl (C=O) groups excluding carboxylic acids is 1. The number of benzene rings is 1. The van der Waals surface area contributed by atoms with Crippen molar-refractivity contribution in [2.75, 3.05) is 0 Å². The van der Waals surface area contributed by atoms with Gasteiger partial charge in [0.1, 0.15) is 17.4 Å². The van der Waals surface area contributed by atoms with E-state index in [0.29, 0.717) is 9.92 Å². The van der Waals surface area contributed by atoms with Crippen LogP contribution in [0.4, 0.5) is 0 Å². The number of hydrogen-bond donors (Lipinski definition) is 1. The van der Waals surface area contributed by atoms with E-state index >= 15 is 0 Å². The standard InChI is InChI=1S/C11H8ClNO2S/c1-7(14)10(6-13)11(15)16-9-4-2-8(12)3-5-9/h2-5,14H,1H3/b10-7-. The summed E-state index contributed by atoms with van der Waals surface area (Å²) in [7, 11) is 0. The van der Waals surface area contributed by atoms with Crippen molar-refractivity contribution >= 4 is 28.5 Å². The SMILES string of the molecule is C/C(O)=C(\C#N)C(=O)Sc1ccc(Cl)cc1. The Balaban J connectivity index is 2.84. The molecular formula is C11H8ClNO2S. The lowest BCUT2D eigenvalue weighted by atomic mass is 10.3. The van der Waals surface area contributed by atoms with Gasteiger partial charge in [-0.05, 0) is 43.0 Å². The van der Waals surface area contributed by atoms with E-state index in [2.05, 4.69) is 0 Å². The van der Waals surface area contributed by atoms with Gasteiger partial charge in [-0.25, -0.2) is 0 Å². The number of carbonyl (C=O) groups is 1. The zero-order chi connectivity index (χ0) is 12.1. The Hall–Kier alpha value is -1.44. The summed E-state index contributed by atoms with van der Waals surface area (Å²) in [4.78, 5) is 12.2. The van der Waals surface area contributed by atoms with E-state index in [4.69, 9.17) is 22.0 Å². The van der Waals surface area contributed by atoms with Crippen molar-refractivity contribution in [3.63, 3.8) is 0 Å². The molecule has 82 valence electrons. The van der Waals surface area contributed by atoms with Crippen molar-refractivity contribution in [2.45, 2.75) is 11.8 Å². The molecule has 0 saturated heterocycles. The number of halogens is 1. The number of rotatable bonds is 2. The molecule has 0 unspecified atom stereocenters. The second-order valence-corrected chi connectivity index (χ2v) is 4.40. The molecule has 1 rings (SSSR count).